The summed E-state index contributed by atoms with van der Waals surface area (Å²) in [5.41, 5.74) is 11.7. The third-order valence-electron chi connectivity index (χ3n) is 10.9. The number of para-hydroxylation sites is 2. The van der Waals surface area contributed by atoms with Crippen LogP contribution in [0.3, 0.4) is 0 Å². The molecule has 4 aliphatic rings. The highest BCUT2D eigenvalue weighted by atomic mass is 16.5. The van der Waals surface area contributed by atoms with Gasteiger partial charge in [0.25, 0.3) is 0 Å². The van der Waals surface area contributed by atoms with Gasteiger partial charge in [0.15, 0.2) is 0 Å². The van der Waals surface area contributed by atoms with E-state index in [-0.39, 0.29) is 18.2 Å². The van der Waals surface area contributed by atoms with Crippen LogP contribution in [0, 0.1) is 12.8 Å². The van der Waals surface area contributed by atoms with Crippen molar-refractivity contribution in [2.45, 2.75) is 83.4 Å². The zero-order valence-electron chi connectivity index (χ0n) is 29.0. The minimum Gasteiger partial charge on any atom is -0.494 e. The summed E-state index contributed by atoms with van der Waals surface area (Å²) in [4.78, 5) is 5.12. The van der Waals surface area contributed by atoms with E-state index in [9.17, 15) is 0 Å². The van der Waals surface area contributed by atoms with Gasteiger partial charge in [0.1, 0.15) is 6.10 Å². The van der Waals surface area contributed by atoms with E-state index in [0.29, 0.717) is 5.92 Å². The molecule has 4 atom stereocenters. The van der Waals surface area contributed by atoms with Gasteiger partial charge < -0.3 is 14.5 Å². The lowest BCUT2D eigenvalue weighted by atomic mass is 9.81. The molecule has 4 unspecified atom stereocenters. The smallest absolute Gasteiger partial charge is 0.111 e. The molecule has 1 heterocycles. The van der Waals surface area contributed by atoms with E-state index >= 15 is 0 Å². The van der Waals surface area contributed by atoms with Crippen LogP contribution in [0.25, 0.3) is 11.1 Å². The number of nitrogens with zero attached hydrogens (tertiary/aromatic N) is 2. The average molecular weight is 645 g/mol. The molecule has 0 fully saturated rings. The van der Waals surface area contributed by atoms with E-state index in [1.165, 1.54) is 58.7 Å². The molecule has 3 aliphatic carbocycles. The lowest BCUT2D eigenvalue weighted by molar-refractivity contribution is 0.102. The van der Waals surface area contributed by atoms with Crippen LogP contribution in [0.4, 0.5) is 22.7 Å². The summed E-state index contributed by atoms with van der Waals surface area (Å²) in [7, 11) is 0. The van der Waals surface area contributed by atoms with E-state index in [1.807, 2.05) is 0 Å². The standard InChI is InChI=1S/C46H48N2O/c1-3-16-34-27-28-38(47(35-18-7-4-8-19-35)39-29-30-41-40-24-13-14-26-44(40)49-45(41)32-39)31-42(34)46-33(2)17-15-25-43(46)48(36-20-9-5-10-21-36)37-22-11-6-12-23-37/h4-12,15,17-18,20-23,25,27-31,35,39,41,45H,3,13-14,16,19,24,26,32H2,1-2H3. The third-order valence-corrected chi connectivity index (χ3v) is 10.9. The Kier molecular flexibility index (Phi) is 9.00. The number of hydrogen-bond donors (Lipinski definition) is 0. The van der Waals surface area contributed by atoms with Gasteiger partial charge >= 0.3 is 0 Å². The van der Waals surface area contributed by atoms with Crippen LogP contribution in [0.5, 0.6) is 0 Å². The largest absolute Gasteiger partial charge is 0.494 e. The normalized spacial score (nSPS) is 22.4. The maximum Gasteiger partial charge on any atom is 0.111 e. The summed E-state index contributed by atoms with van der Waals surface area (Å²) in [5.74, 6) is 1.76. The first kappa shape index (κ1) is 31.5. The first-order valence-electron chi connectivity index (χ1n) is 18.5. The predicted octanol–water partition coefficient (Wildman–Crippen LogP) is 11.9. The summed E-state index contributed by atoms with van der Waals surface area (Å²) < 4.78 is 6.72. The van der Waals surface area contributed by atoms with Crippen LogP contribution in [-0.2, 0) is 11.2 Å². The number of aryl methyl sites for hydroxylation is 2. The number of anilines is 4. The molecular weight excluding hydrogens is 597 g/mol. The summed E-state index contributed by atoms with van der Waals surface area (Å²) >= 11 is 0. The number of ether oxygens (including phenoxy) is 1. The van der Waals surface area contributed by atoms with Crippen LogP contribution < -0.4 is 9.80 Å². The first-order chi connectivity index (χ1) is 24.2. The number of allylic oxidation sites excluding steroid dienone is 3. The Labute approximate surface area is 292 Å². The van der Waals surface area contributed by atoms with Crippen LogP contribution in [0.2, 0.25) is 0 Å². The van der Waals surface area contributed by atoms with Gasteiger partial charge in [0.2, 0.25) is 0 Å². The van der Waals surface area contributed by atoms with Crippen molar-refractivity contribution in [1.29, 1.82) is 0 Å². The van der Waals surface area contributed by atoms with Gasteiger partial charge in [-0.3, -0.25) is 0 Å². The Hall–Kier alpha value is -4.76. The molecule has 49 heavy (non-hydrogen) atoms. The maximum atomic E-state index is 6.72. The molecule has 0 N–H and O–H groups in total. The van der Waals surface area contributed by atoms with Gasteiger partial charge in [-0.15, -0.1) is 0 Å². The van der Waals surface area contributed by atoms with Gasteiger partial charge in [-0.1, -0.05) is 104 Å². The Balaban J connectivity index is 1.25. The molecule has 0 aromatic heterocycles. The highest BCUT2D eigenvalue weighted by Gasteiger charge is 2.41. The van der Waals surface area contributed by atoms with Crippen molar-refractivity contribution >= 4 is 22.7 Å². The van der Waals surface area contributed by atoms with Crippen molar-refractivity contribution in [2.24, 2.45) is 5.92 Å². The fraction of sp³-hybridized carbons (Fsp3) is 0.304. The molecule has 1 aliphatic heterocycles. The van der Waals surface area contributed by atoms with Crippen molar-refractivity contribution in [3.8, 4) is 11.1 Å². The number of hydrogen-bond acceptors (Lipinski definition) is 3. The molecule has 8 rings (SSSR count). The second kappa shape index (κ2) is 14.0. The Morgan fingerprint density at radius 3 is 2.24 bits per heavy atom. The minimum atomic E-state index is 0.246. The highest BCUT2D eigenvalue weighted by Crippen LogP contribution is 2.47. The molecule has 4 aromatic carbocycles. The molecule has 4 aromatic rings. The van der Waals surface area contributed by atoms with Crippen molar-refractivity contribution in [2.75, 3.05) is 9.80 Å². The zero-order valence-corrected chi connectivity index (χ0v) is 29.0. The van der Waals surface area contributed by atoms with Crippen LogP contribution in [0.15, 0.2) is 145 Å². The van der Waals surface area contributed by atoms with E-state index in [2.05, 4.69) is 157 Å². The predicted molar refractivity (Wildman–Crippen MR) is 206 cm³/mol. The minimum absolute atomic E-state index is 0.246. The van der Waals surface area contributed by atoms with Gasteiger partial charge in [0, 0.05) is 41.4 Å². The molecular formula is C46H48N2O. The van der Waals surface area contributed by atoms with Crippen LogP contribution >= 0.6 is 0 Å². The van der Waals surface area contributed by atoms with Gasteiger partial charge in [-0.25, -0.2) is 0 Å². The van der Waals surface area contributed by atoms with Crippen molar-refractivity contribution in [1.82, 2.24) is 0 Å². The van der Waals surface area contributed by atoms with Crippen LogP contribution in [0.1, 0.15) is 63.0 Å². The Bertz CT molecular complexity index is 1860. The molecule has 3 heteroatoms. The van der Waals surface area contributed by atoms with Crippen molar-refractivity contribution in [3.05, 3.63) is 156 Å². The molecule has 0 saturated carbocycles. The lowest BCUT2D eigenvalue weighted by Gasteiger charge is -2.41. The molecule has 0 radical (unpaired) electrons. The van der Waals surface area contributed by atoms with E-state index in [4.69, 9.17) is 4.74 Å². The lowest BCUT2D eigenvalue weighted by Crippen LogP contribution is -2.45. The molecule has 0 spiro atoms. The van der Waals surface area contributed by atoms with Gasteiger partial charge in [-0.05, 0) is 104 Å². The summed E-state index contributed by atoms with van der Waals surface area (Å²) in [6.07, 6.45) is 23.4. The number of rotatable bonds is 9. The third kappa shape index (κ3) is 6.16. The second-order valence-electron chi connectivity index (χ2n) is 14.1. The number of benzene rings is 4. The van der Waals surface area contributed by atoms with E-state index in [0.717, 1.165) is 43.5 Å². The van der Waals surface area contributed by atoms with Crippen molar-refractivity contribution in [3.63, 3.8) is 0 Å². The Morgan fingerprint density at radius 1 is 0.735 bits per heavy atom. The highest BCUT2D eigenvalue weighted by molar-refractivity contribution is 5.91. The monoisotopic (exact) mass is 644 g/mol. The summed E-state index contributed by atoms with van der Waals surface area (Å²) in [5, 5.41) is 0. The average Bonchev–Trinajstić information content (AvgIpc) is 3.52. The molecule has 0 saturated heterocycles. The SMILES string of the molecule is CCCc1ccc(N(C2C=CC=CC2)C2C=CC3C4=C(CCCC4)OC3C2)cc1-c1c(C)cccc1N(c1ccccc1)c1ccccc1. The quantitative estimate of drug-likeness (QED) is 0.169. The van der Waals surface area contributed by atoms with E-state index < -0.39 is 0 Å². The molecule has 3 nitrogen and oxygen atoms in total. The first-order valence-corrected chi connectivity index (χ1v) is 18.5. The topological polar surface area (TPSA) is 15.7 Å². The number of fused-ring (bicyclic) bond motifs is 2. The molecule has 0 bridgehead atoms. The van der Waals surface area contributed by atoms with Crippen LogP contribution in [-0.4, -0.2) is 18.2 Å². The molecule has 0 amide bonds. The second-order valence-corrected chi connectivity index (χ2v) is 14.1. The fourth-order valence-corrected chi connectivity index (χ4v) is 8.69. The zero-order chi connectivity index (χ0) is 33.2. The van der Waals surface area contributed by atoms with Crippen molar-refractivity contribution < 1.29 is 4.74 Å². The van der Waals surface area contributed by atoms with E-state index in [1.54, 1.807) is 5.57 Å². The maximum absolute atomic E-state index is 6.72. The van der Waals surface area contributed by atoms with Gasteiger partial charge in [-0.2, -0.15) is 0 Å². The molecule has 248 valence electrons. The Morgan fingerprint density at radius 2 is 1.51 bits per heavy atom. The van der Waals surface area contributed by atoms with Gasteiger partial charge in [0.05, 0.1) is 23.5 Å². The summed E-state index contributed by atoms with van der Waals surface area (Å²) in [6.45, 7) is 4.57. The fourth-order valence-electron chi connectivity index (χ4n) is 8.69. The summed E-state index contributed by atoms with van der Waals surface area (Å²) in [6, 6.07) is 36.2.